The van der Waals surface area contributed by atoms with Gasteiger partial charge in [0.1, 0.15) is 6.61 Å². The van der Waals surface area contributed by atoms with Crippen LogP contribution < -0.4 is 0 Å². The topological polar surface area (TPSA) is 99.1 Å². The van der Waals surface area contributed by atoms with Crippen LogP contribution in [0.4, 0.5) is 0 Å². The molecule has 0 heterocycles. The maximum atomic E-state index is 12.8. The summed E-state index contributed by atoms with van der Waals surface area (Å²) >= 11 is 0. The number of carboxylic acid groups (broad SMARTS) is 1. The van der Waals surface area contributed by atoms with Gasteiger partial charge in [-0.3, -0.25) is 9.59 Å². The van der Waals surface area contributed by atoms with Crippen molar-refractivity contribution in [3.63, 3.8) is 0 Å². The van der Waals surface area contributed by atoms with Crippen molar-refractivity contribution in [2.45, 2.75) is 212 Å². The number of aliphatic carboxylic acids is 1. The van der Waals surface area contributed by atoms with E-state index >= 15 is 0 Å². The van der Waals surface area contributed by atoms with Gasteiger partial charge in [-0.05, 0) is 89.9 Å². The van der Waals surface area contributed by atoms with Gasteiger partial charge in [0.25, 0.3) is 0 Å². The number of carboxylic acids is 1. The van der Waals surface area contributed by atoms with E-state index in [1.807, 2.05) is 21.1 Å². The standard InChI is InChI=1S/C54H93NO7/c1-6-8-10-12-14-16-18-20-22-24-26-28-30-32-34-36-38-40-42-44-52(56)61-49-50(48-60-47-46-51(54(58)59)55(3,4)5)62-53(57)45-43-41-39-37-35-33-31-29-27-25-23-21-19-17-15-13-11-9-7-2/h14-17,20-23,26-29,50-51H,6-13,18-19,24-25,30-49H2,1-5H3/p+1/b16-14-,17-15-,22-20-,23-21-,28-26-,29-27-. The molecule has 8 nitrogen and oxygen atoms in total. The molecule has 0 bridgehead atoms. The number of carbonyl (C=O) groups excluding carboxylic acids is 2. The lowest BCUT2D eigenvalue weighted by atomic mass is 10.1. The Hall–Kier alpha value is -3.23. The molecule has 356 valence electrons. The molecule has 0 amide bonds. The highest BCUT2D eigenvalue weighted by Crippen LogP contribution is 2.14. The Kier molecular flexibility index (Phi) is 42.1. The fraction of sp³-hybridized carbons (Fsp3) is 0.722. The molecule has 0 saturated heterocycles. The molecule has 62 heavy (non-hydrogen) atoms. The lowest BCUT2D eigenvalue weighted by Gasteiger charge is -2.31. The van der Waals surface area contributed by atoms with E-state index in [1.165, 1.54) is 77.0 Å². The van der Waals surface area contributed by atoms with Crippen LogP contribution in [-0.2, 0) is 28.6 Å². The predicted molar refractivity (Wildman–Crippen MR) is 261 cm³/mol. The minimum Gasteiger partial charge on any atom is -0.477 e. The summed E-state index contributed by atoms with van der Waals surface area (Å²) in [4.78, 5) is 37.1. The van der Waals surface area contributed by atoms with Gasteiger partial charge in [0, 0.05) is 19.3 Å². The quantitative estimate of drug-likeness (QED) is 0.0282. The molecule has 2 atom stereocenters. The van der Waals surface area contributed by atoms with Crippen LogP contribution in [0.25, 0.3) is 0 Å². The van der Waals surface area contributed by atoms with Gasteiger partial charge in [0.15, 0.2) is 12.1 Å². The van der Waals surface area contributed by atoms with Crippen LogP contribution >= 0.6 is 0 Å². The van der Waals surface area contributed by atoms with Crippen LogP contribution in [0.1, 0.15) is 200 Å². The van der Waals surface area contributed by atoms with Crippen molar-refractivity contribution < 1.29 is 38.2 Å². The number of allylic oxidation sites excluding steroid dienone is 12. The van der Waals surface area contributed by atoms with Crippen LogP contribution in [0.2, 0.25) is 0 Å². The average Bonchev–Trinajstić information content (AvgIpc) is 3.23. The summed E-state index contributed by atoms with van der Waals surface area (Å²) in [6.45, 7) is 4.66. The zero-order valence-electron chi connectivity index (χ0n) is 40.6. The summed E-state index contributed by atoms with van der Waals surface area (Å²) in [7, 11) is 5.52. The SMILES string of the molecule is CCCCC/C=C\C/C=C\C/C=C\CCCCCCCCC(=O)OCC(COCCC(C(=O)O)[N+](C)(C)C)OC(=O)CCCCCCCC/C=C\C/C=C\C/C=C\CCCCC. The van der Waals surface area contributed by atoms with Crippen molar-refractivity contribution in [3.05, 3.63) is 72.9 Å². The summed E-state index contributed by atoms with van der Waals surface area (Å²) in [5.41, 5.74) is 0. The summed E-state index contributed by atoms with van der Waals surface area (Å²) in [5.74, 6) is -1.50. The van der Waals surface area contributed by atoms with Crippen LogP contribution in [0.3, 0.4) is 0 Å². The highest BCUT2D eigenvalue weighted by atomic mass is 16.6. The molecule has 0 aliphatic heterocycles. The molecule has 0 aromatic heterocycles. The van der Waals surface area contributed by atoms with Gasteiger partial charge >= 0.3 is 17.9 Å². The van der Waals surface area contributed by atoms with Crippen molar-refractivity contribution in [2.24, 2.45) is 0 Å². The smallest absolute Gasteiger partial charge is 0.362 e. The first-order chi connectivity index (χ1) is 30.1. The van der Waals surface area contributed by atoms with E-state index in [0.717, 1.165) is 89.9 Å². The molecule has 0 radical (unpaired) electrons. The molecular weight excluding hydrogens is 775 g/mol. The number of rotatable bonds is 44. The van der Waals surface area contributed by atoms with Gasteiger partial charge in [-0.25, -0.2) is 4.79 Å². The van der Waals surface area contributed by atoms with Gasteiger partial charge in [-0.15, -0.1) is 0 Å². The lowest BCUT2D eigenvalue weighted by molar-refractivity contribution is -0.887. The van der Waals surface area contributed by atoms with Gasteiger partial charge in [-0.2, -0.15) is 0 Å². The Morgan fingerprint density at radius 3 is 1.26 bits per heavy atom. The largest absolute Gasteiger partial charge is 0.477 e. The normalized spacial score (nSPS) is 13.5. The summed E-state index contributed by atoms with van der Waals surface area (Å²) in [5, 5.41) is 9.65. The van der Waals surface area contributed by atoms with E-state index in [0.29, 0.717) is 19.3 Å². The summed E-state index contributed by atoms with van der Waals surface area (Å²) in [6.07, 6.45) is 56.5. The van der Waals surface area contributed by atoms with Gasteiger partial charge in [0.05, 0.1) is 34.4 Å². The van der Waals surface area contributed by atoms with E-state index in [9.17, 15) is 19.5 Å². The lowest BCUT2D eigenvalue weighted by Crippen LogP contribution is -2.50. The Bertz CT molecular complexity index is 1240. The number of unbranched alkanes of at least 4 members (excludes halogenated alkanes) is 18. The van der Waals surface area contributed by atoms with Crippen LogP contribution in [-0.4, -0.2) is 80.6 Å². The van der Waals surface area contributed by atoms with E-state index in [1.54, 1.807) is 0 Å². The molecule has 0 aliphatic carbocycles. The zero-order valence-corrected chi connectivity index (χ0v) is 40.6. The Morgan fingerprint density at radius 2 is 0.855 bits per heavy atom. The van der Waals surface area contributed by atoms with Crippen molar-refractivity contribution in [1.82, 2.24) is 0 Å². The van der Waals surface area contributed by atoms with Gasteiger partial charge in [-0.1, -0.05) is 164 Å². The fourth-order valence-corrected chi connectivity index (χ4v) is 6.93. The van der Waals surface area contributed by atoms with Crippen molar-refractivity contribution in [2.75, 3.05) is 41.0 Å². The maximum absolute atomic E-state index is 12.8. The van der Waals surface area contributed by atoms with Crippen LogP contribution in [0.15, 0.2) is 72.9 Å². The number of hydrogen-bond acceptors (Lipinski definition) is 6. The second-order valence-corrected chi connectivity index (χ2v) is 17.7. The van der Waals surface area contributed by atoms with E-state index in [2.05, 4.69) is 86.8 Å². The highest BCUT2D eigenvalue weighted by molar-refractivity contribution is 5.72. The summed E-state index contributed by atoms with van der Waals surface area (Å²) < 4.78 is 17.3. The second-order valence-electron chi connectivity index (χ2n) is 17.7. The molecule has 0 spiro atoms. The first kappa shape index (κ1) is 58.8. The number of likely N-dealkylation sites (N-methyl/N-ethyl adjacent to an activating group) is 1. The van der Waals surface area contributed by atoms with E-state index in [4.69, 9.17) is 14.2 Å². The monoisotopic (exact) mass is 869 g/mol. The summed E-state index contributed by atoms with van der Waals surface area (Å²) in [6, 6.07) is -0.623. The molecule has 0 aromatic rings. The third-order valence-corrected chi connectivity index (χ3v) is 10.8. The Balaban J connectivity index is 4.34. The molecule has 0 aliphatic rings. The van der Waals surface area contributed by atoms with Crippen molar-refractivity contribution in [3.8, 4) is 0 Å². The van der Waals surface area contributed by atoms with Crippen LogP contribution in [0.5, 0.6) is 0 Å². The zero-order chi connectivity index (χ0) is 45.6. The number of hydrogen-bond donors (Lipinski definition) is 1. The van der Waals surface area contributed by atoms with Crippen molar-refractivity contribution in [1.29, 1.82) is 0 Å². The first-order valence-corrected chi connectivity index (χ1v) is 25.0. The number of ether oxygens (including phenoxy) is 3. The Morgan fingerprint density at radius 1 is 0.484 bits per heavy atom. The highest BCUT2D eigenvalue weighted by Gasteiger charge is 2.31. The Labute approximate surface area is 381 Å². The van der Waals surface area contributed by atoms with E-state index in [-0.39, 0.29) is 36.2 Å². The number of nitrogens with zero attached hydrogens (tertiary/aromatic N) is 1. The average molecular weight is 869 g/mol. The second kappa shape index (κ2) is 44.4. The predicted octanol–water partition coefficient (Wildman–Crippen LogP) is 14.3. The third kappa shape index (κ3) is 42.1. The molecule has 0 rings (SSSR count). The third-order valence-electron chi connectivity index (χ3n) is 10.8. The minimum absolute atomic E-state index is 0.0481. The van der Waals surface area contributed by atoms with Gasteiger partial charge < -0.3 is 23.8 Å². The maximum Gasteiger partial charge on any atom is 0.362 e. The number of carbonyl (C=O) groups is 3. The van der Waals surface area contributed by atoms with E-state index < -0.39 is 18.1 Å². The van der Waals surface area contributed by atoms with Crippen LogP contribution in [0, 0.1) is 0 Å². The van der Waals surface area contributed by atoms with Crippen molar-refractivity contribution >= 4 is 17.9 Å². The molecule has 0 fully saturated rings. The molecule has 0 aromatic carbocycles. The van der Waals surface area contributed by atoms with Gasteiger partial charge in [0.2, 0.25) is 0 Å². The molecular formula is C54H94NO7+. The first-order valence-electron chi connectivity index (χ1n) is 25.0. The molecule has 0 saturated carbocycles. The number of esters is 2. The molecule has 8 heteroatoms. The minimum atomic E-state index is -0.881. The fourth-order valence-electron chi connectivity index (χ4n) is 6.93. The molecule has 2 unspecified atom stereocenters. The number of quaternary nitrogens is 1. The molecule has 1 N–H and O–H groups in total.